The van der Waals surface area contributed by atoms with Gasteiger partial charge in [0.2, 0.25) is 0 Å². The first-order valence-corrected chi connectivity index (χ1v) is 10.0. The highest BCUT2D eigenvalue weighted by atomic mass is 16.5. The van der Waals surface area contributed by atoms with Gasteiger partial charge in [0.25, 0.3) is 5.91 Å². The SMILES string of the molecule is CC(C)c1cc(C(=O)N[C@H]2COC[C@H]2Cc2ccncc2)c(O)c(C(C)C)c1. The third-order valence-corrected chi connectivity index (χ3v) is 5.46. The van der Waals surface area contributed by atoms with Gasteiger partial charge >= 0.3 is 0 Å². The van der Waals surface area contributed by atoms with Crippen molar-refractivity contribution in [3.63, 3.8) is 0 Å². The van der Waals surface area contributed by atoms with Crippen LogP contribution in [-0.2, 0) is 11.2 Å². The number of phenolic OH excluding ortho intramolecular Hbond substituents is 1. The number of aromatic hydroxyl groups is 1. The molecule has 3 rings (SSSR count). The average Bonchev–Trinajstić information content (AvgIpc) is 3.08. The van der Waals surface area contributed by atoms with Crippen LogP contribution < -0.4 is 5.32 Å². The first-order valence-electron chi connectivity index (χ1n) is 10.0. The number of phenols is 1. The normalized spacial score (nSPS) is 19.4. The molecular weight excluding hydrogens is 352 g/mol. The van der Waals surface area contributed by atoms with Crippen molar-refractivity contribution in [2.75, 3.05) is 13.2 Å². The van der Waals surface area contributed by atoms with Gasteiger partial charge in [-0.05, 0) is 53.1 Å². The Bertz CT molecular complexity index is 818. The Morgan fingerprint density at radius 1 is 1.18 bits per heavy atom. The smallest absolute Gasteiger partial charge is 0.255 e. The Kier molecular flexibility index (Phi) is 6.35. The maximum atomic E-state index is 13.0. The lowest BCUT2D eigenvalue weighted by atomic mass is 9.91. The molecule has 150 valence electrons. The van der Waals surface area contributed by atoms with E-state index in [9.17, 15) is 9.90 Å². The van der Waals surface area contributed by atoms with E-state index in [1.807, 2.05) is 38.1 Å². The Hall–Kier alpha value is -2.40. The molecule has 0 bridgehead atoms. The number of rotatable bonds is 6. The zero-order valence-corrected chi connectivity index (χ0v) is 17.1. The zero-order valence-electron chi connectivity index (χ0n) is 17.1. The highest BCUT2D eigenvalue weighted by Crippen LogP contribution is 2.33. The van der Waals surface area contributed by atoms with E-state index in [0.29, 0.717) is 18.8 Å². The largest absolute Gasteiger partial charge is 0.507 e. The van der Waals surface area contributed by atoms with Crippen LogP contribution in [0.3, 0.4) is 0 Å². The van der Waals surface area contributed by atoms with Crippen LogP contribution >= 0.6 is 0 Å². The number of nitrogens with one attached hydrogen (secondary N) is 1. The van der Waals surface area contributed by atoms with E-state index in [-0.39, 0.29) is 35.5 Å². The molecular formula is C23H30N2O3. The van der Waals surface area contributed by atoms with Crippen LogP contribution in [0.15, 0.2) is 36.7 Å². The Labute approximate surface area is 167 Å². The fourth-order valence-corrected chi connectivity index (χ4v) is 3.65. The number of pyridine rings is 1. The van der Waals surface area contributed by atoms with Crippen LogP contribution in [-0.4, -0.2) is 35.3 Å². The molecule has 0 unspecified atom stereocenters. The summed E-state index contributed by atoms with van der Waals surface area (Å²) in [4.78, 5) is 17.1. The van der Waals surface area contributed by atoms with Gasteiger partial charge in [0.1, 0.15) is 5.75 Å². The number of benzene rings is 1. The van der Waals surface area contributed by atoms with Crippen molar-refractivity contribution in [1.29, 1.82) is 0 Å². The molecule has 1 fully saturated rings. The predicted molar refractivity (Wildman–Crippen MR) is 110 cm³/mol. The van der Waals surface area contributed by atoms with Crippen molar-refractivity contribution in [3.05, 3.63) is 58.9 Å². The number of hydrogen-bond donors (Lipinski definition) is 2. The minimum atomic E-state index is -0.239. The summed E-state index contributed by atoms with van der Waals surface area (Å²) in [7, 11) is 0. The van der Waals surface area contributed by atoms with Crippen molar-refractivity contribution in [3.8, 4) is 5.75 Å². The molecule has 5 nitrogen and oxygen atoms in total. The fraction of sp³-hybridized carbons (Fsp3) is 0.478. The van der Waals surface area contributed by atoms with Crippen LogP contribution in [0, 0.1) is 5.92 Å². The second-order valence-electron chi connectivity index (χ2n) is 8.25. The third-order valence-electron chi connectivity index (χ3n) is 5.46. The van der Waals surface area contributed by atoms with E-state index < -0.39 is 0 Å². The molecule has 1 saturated heterocycles. The van der Waals surface area contributed by atoms with Crippen LogP contribution in [0.5, 0.6) is 5.75 Å². The van der Waals surface area contributed by atoms with Gasteiger partial charge in [-0.3, -0.25) is 9.78 Å². The molecule has 1 amide bonds. The third kappa shape index (κ3) is 4.53. The molecule has 0 spiro atoms. The van der Waals surface area contributed by atoms with Crippen molar-refractivity contribution >= 4 is 5.91 Å². The van der Waals surface area contributed by atoms with Crippen LogP contribution in [0.2, 0.25) is 0 Å². The lowest BCUT2D eigenvalue weighted by molar-refractivity contribution is 0.0922. The molecule has 2 aromatic rings. The first kappa shape index (κ1) is 20.3. The second-order valence-corrected chi connectivity index (χ2v) is 8.25. The van der Waals surface area contributed by atoms with Crippen LogP contribution in [0.1, 0.15) is 66.6 Å². The quantitative estimate of drug-likeness (QED) is 0.791. The summed E-state index contributed by atoms with van der Waals surface area (Å²) >= 11 is 0. The summed E-state index contributed by atoms with van der Waals surface area (Å²) in [5.41, 5.74) is 3.40. The van der Waals surface area contributed by atoms with Crippen molar-refractivity contribution in [2.24, 2.45) is 5.92 Å². The minimum absolute atomic E-state index is 0.0785. The van der Waals surface area contributed by atoms with Crippen LogP contribution in [0.4, 0.5) is 0 Å². The standard InChI is InChI=1S/C23H30N2O3/c1-14(2)17-10-19(15(3)4)22(26)20(11-17)23(27)25-21-13-28-12-18(21)9-16-5-7-24-8-6-16/h5-8,10-11,14-15,18,21,26H,9,12-13H2,1-4H3,(H,25,27)/t18-,21+/m1/s1. The summed E-state index contributed by atoms with van der Waals surface area (Å²) in [6.45, 7) is 9.33. The number of carbonyl (C=O) groups excluding carboxylic acids is 1. The highest BCUT2D eigenvalue weighted by molar-refractivity contribution is 5.97. The van der Waals surface area contributed by atoms with E-state index in [0.717, 1.165) is 17.5 Å². The lowest BCUT2D eigenvalue weighted by Crippen LogP contribution is -2.40. The molecule has 28 heavy (non-hydrogen) atoms. The zero-order chi connectivity index (χ0) is 20.3. The van der Waals surface area contributed by atoms with E-state index in [2.05, 4.69) is 24.1 Å². The number of aromatic nitrogens is 1. The molecule has 0 aliphatic carbocycles. The van der Waals surface area contributed by atoms with Gasteiger partial charge in [-0.1, -0.05) is 33.8 Å². The Balaban J connectivity index is 1.80. The molecule has 2 atom stereocenters. The Morgan fingerprint density at radius 2 is 1.89 bits per heavy atom. The molecule has 2 N–H and O–H groups in total. The maximum absolute atomic E-state index is 13.0. The van der Waals surface area contributed by atoms with Gasteiger partial charge in [0.05, 0.1) is 24.8 Å². The molecule has 5 heteroatoms. The molecule has 1 aliphatic rings. The first-order chi connectivity index (χ1) is 13.4. The fourth-order valence-electron chi connectivity index (χ4n) is 3.65. The number of hydrogen-bond acceptors (Lipinski definition) is 4. The van der Waals surface area contributed by atoms with Gasteiger partial charge in [-0.2, -0.15) is 0 Å². The van der Waals surface area contributed by atoms with E-state index in [1.165, 1.54) is 5.56 Å². The predicted octanol–water partition coefficient (Wildman–Crippen LogP) is 4.02. The number of amides is 1. The summed E-state index contributed by atoms with van der Waals surface area (Å²) < 4.78 is 5.64. The van der Waals surface area contributed by atoms with Crippen molar-refractivity contribution < 1.29 is 14.6 Å². The second kappa shape index (κ2) is 8.74. The van der Waals surface area contributed by atoms with Crippen LogP contribution in [0.25, 0.3) is 0 Å². The summed E-state index contributed by atoms with van der Waals surface area (Å²) in [5, 5.41) is 13.8. The average molecular weight is 383 g/mol. The summed E-state index contributed by atoms with van der Waals surface area (Å²) in [5.74, 6) is 0.461. The number of ether oxygens (including phenoxy) is 1. The topological polar surface area (TPSA) is 71.5 Å². The lowest BCUT2D eigenvalue weighted by Gasteiger charge is -2.21. The highest BCUT2D eigenvalue weighted by Gasteiger charge is 2.31. The van der Waals surface area contributed by atoms with E-state index in [1.54, 1.807) is 12.4 Å². The van der Waals surface area contributed by atoms with Gasteiger partial charge in [0, 0.05) is 18.3 Å². The number of carbonyl (C=O) groups is 1. The monoisotopic (exact) mass is 382 g/mol. The van der Waals surface area contributed by atoms with Gasteiger partial charge in [-0.25, -0.2) is 0 Å². The van der Waals surface area contributed by atoms with Crippen molar-refractivity contribution in [2.45, 2.75) is 52.0 Å². The molecule has 1 aromatic carbocycles. The minimum Gasteiger partial charge on any atom is -0.507 e. The van der Waals surface area contributed by atoms with Gasteiger partial charge in [-0.15, -0.1) is 0 Å². The molecule has 2 heterocycles. The summed E-state index contributed by atoms with van der Waals surface area (Å²) in [6.07, 6.45) is 4.38. The van der Waals surface area contributed by atoms with E-state index in [4.69, 9.17) is 4.74 Å². The van der Waals surface area contributed by atoms with Crippen molar-refractivity contribution in [1.82, 2.24) is 10.3 Å². The molecule has 1 aliphatic heterocycles. The molecule has 0 radical (unpaired) electrons. The molecule has 1 aromatic heterocycles. The molecule has 0 saturated carbocycles. The number of nitrogens with zero attached hydrogens (tertiary/aromatic N) is 1. The van der Waals surface area contributed by atoms with Gasteiger partial charge in [0.15, 0.2) is 0 Å². The maximum Gasteiger partial charge on any atom is 0.255 e. The van der Waals surface area contributed by atoms with Gasteiger partial charge < -0.3 is 15.2 Å². The Morgan fingerprint density at radius 3 is 2.54 bits per heavy atom. The van der Waals surface area contributed by atoms with E-state index >= 15 is 0 Å². The summed E-state index contributed by atoms with van der Waals surface area (Å²) in [6, 6.07) is 7.72.